The number of aromatic nitrogens is 3. The molecular formula is C16H19F4N5O. The number of nitrogens with zero attached hydrogens (tertiary/aromatic N) is 3. The van der Waals surface area contributed by atoms with Crippen molar-refractivity contribution in [2.24, 2.45) is 5.92 Å². The maximum atomic E-state index is 14.2. The van der Waals surface area contributed by atoms with Gasteiger partial charge in [-0.1, -0.05) is 0 Å². The van der Waals surface area contributed by atoms with Crippen LogP contribution in [0.2, 0.25) is 0 Å². The number of carbonyl (C=O) groups is 1. The largest absolute Gasteiger partial charge is 0.408 e. The van der Waals surface area contributed by atoms with E-state index in [0.29, 0.717) is 18.9 Å². The lowest BCUT2D eigenvalue weighted by Gasteiger charge is -2.19. The first kappa shape index (κ1) is 18.5. The molecule has 1 atom stereocenters. The number of carbonyl (C=O) groups excluding carboxylic acids is 1. The van der Waals surface area contributed by atoms with Crippen molar-refractivity contribution in [1.29, 1.82) is 0 Å². The molecule has 3 rings (SSSR count). The van der Waals surface area contributed by atoms with Crippen molar-refractivity contribution in [2.75, 3.05) is 17.2 Å². The summed E-state index contributed by atoms with van der Waals surface area (Å²) < 4.78 is 52.6. The van der Waals surface area contributed by atoms with Crippen LogP contribution in [0.5, 0.6) is 0 Å². The van der Waals surface area contributed by atoms with E-state index < -0.39 is 23.8 Å². The SMILES string of the molecule is C[C@@H](Nc1nc(NCC2CC2)nc(C2=C(F)C(=O)CCC2)n1)C(F)(F)F. The topological polar surface area (TPSA) is 79.8 Å². The second-order valence-corrected chi connectivity index (χ2v) is 6.61. The summed E-state index contributed by atoms with van der Waals surface area (Å²) in [6.07, 6.45) is -1.56. The molecule has 0 spiro atoms. The van der Waals surface area contributed by atoms with Crippen molar-refractivity contribution in [1.82, 2.24) is 15.0 Å². The summed E-state index contributed by atoms with van der Waals surface area (Å²) in [6.45, 7) is 1.52. The van der Waals surface area contributed by atoms with Crippen LogP contribution in [0, 0.1) is 5.92 Å². The maximum absolute atomic E-state index is 14.2. The quantitative estimate of drug-likeness (QED) is 0.743. The summed E-state index contributed by atoms with van der Waals surface area (Å²) in [5.74, 6) is -1.44. The van der Waals surface area contributed by atoms with Crippen molar-refractivity contribution in [3.8, 4) is 0 Å². The summed E-state index contributed by atoms with van der Waals surface area (Å²) in [4.78, 5) is 23.6. The van der Waals surface area contributed by atoms with E-state index in [1.807, 2.05) is 0 Å². The molecule has 0 unspecified atom stereocenters. The van der Waals surface area contributed by atoms with Gasteiger partial charge in [-0.15, -0.1) is 0 Å². The summed E-state index contributed by atoms with van der Waals surface area (Å²) in [7, 11) is 0. The molecular weight excluding hydrogens is 354 g/mol. The fraction of sp³-hybridized carbons (Fsp3) is 0.625. The van der Waals surface area contributed by atoms with E-state index in [2.05, 4.69) is 25.6 Å². The fourth-order valence-electron chi connectivity index (χ4n) is 2.51. The van der Waals surface area contributed by atoms with Crippen LogP contribution < -0.4 is 10.6 Å². The van der Waals surface area contributed by atoms with Crippen LogP contribution in [0.1, 0.15) is 44.9 Å². The smallest absolute Gasteiger partial charge is 0.354 e. The number of Topliss-reactive ketones (excluding diaryl/α,β-unsaturated/α-hetero) is 1. The van der Waals surface area contributed by atoms with E-state index in [0.717, 1.165) is 19.8 Å². The normalized spacial score (nSPS) is 19.5. The van der Waals surface area contributed by atoms with Crippen LogP contribution in [-0.4, -0.2) is 39.5 Å². The molecule has 10 heteroatoms. The monoisotopic (exact) mass is 373 g/mol. The minimum absolute atomic E-state index is 0.0147. The number of hydrogen-bond acceptors (Lipinski definition) is 6. The van der Waals surface area contributed by atoms with Crippen LogP contribution in [0.25, 0.3) is 5.57 Å². The number of anilines is 2. The van der Waals surface area contributed by atoms with Crippen LogP contribution in [0.3, 0.4) is 0 Å². The third-order valence-electron chi connectivity index (χ3n) is 4.33. The molecule has 2 aliphatic rings. The molecule has 0 saturated heterocycles. The van der Waals surface area contributed by atoms with Gasteiger partial charge in [-0.2, -0.15) is 28.1 Å². The molecule has 0 aromatic carbocycles. The third-order valence-corrected chi connectivity index (χ3v) is 4.33. The molecule has 2 N–H and O–H groups in total. The summed E-state index contributed by atoms with van der Waals surface area (Å²) in [5, 5.41) is 5.12. The molecule has 1 aromatic rings. The van der Waals surface area contributed by atoms with Crippen molar-refractivity contribution < 1.29 is 22.4 Å². The predicted octanol–water partition coefficient (Wildman–Crippen LogP) is 3.49. The minimum Gasteiger partial charge on any atom is -0.354 e. The van der Waals surface area contributed by atoms with E-state index in [9.17, 15) is 22.4 Å². The highest BCUT2D eigenvalue weighted by Gasteiger charge is 2.36. The second-order valence-electron chi connectivity index (χ2n) is 6.61. The Bertz CT molecular complexity index is 730. The highest BCUT2D eigenvalue weighted by molar-refractivity contribution is 6.01. The zero-order chi connectivity index (χ0) is 18.9. The van der Waals surface area contributed by atoms with Gasteiger partial charge in [-0.25, -0.2) is 4.39 Å². The lowest BCUT2D eigenvalue weighted by atomic mass is 9.97. The number of allylic oxidation sites excluding steroid dienone is 2. The number of rotatable bonds is 6. The van der Waals surface area contributed by atoms with Crippen LogP contribution in [0.4, 0.5) is 29.5 Å². The number of nitrogens with one attached hydrogen (secondary N) is 2. The molecule has 0 bridgehead atoms. The van der Waals surface area contributed by atoms with Gasteiger partial charge in [0.15, 0.2) is 17.4 Å². The van der Waals surface area contributed by atoms with Gasteiger partial charge in [-0.3, -0.25) is 4.79 Å². The summed E-state index contributed by atoms with van der Waals surface area (Å²) >= 11 is 0. The molecule has 0 amide bonds. The summed E-state index contributed by atoms with van der Waals surface area (Å²) in [6, 6.07) is -1.89. The Labute approximate surface area is 147 Å². The molecule has 1 heterocycles. The van der Waals surface area contributed by atoms with Crippen molar-refractivity contribution in [2.45, 2.75) is 51.2 Å². The number of alkyl halides is 3. The molecule has 6 nitrogen and oxygen atoms in total. The van der Waals surface area contributed by atoms with Crippen molar-refractivity contribution in [3.05, 3.63) is 11.7 Å². The molecule has 0 aliphatic heterocycles. The van der Waals surface area contributed by atoms with Crippen molar-refractivity contribution in [3.63, 3.8) is 0 Å². The van der Waals surface area contributed by atoms with Crippen LogP contribution in [-0.2, 0) is 4.79 Å². The van der Waals surface area contributed by atoms with Gasteiger partial charge in [0.1, 0.15) is 6.04 Å². The van der Waals surface area contributed by atoms with Gasteiger partial charge in [0, 0.05) is 18.5 Å². The Hall–Kier alpha value is -2.26. The highest BCUT2D eigenvalue weighted by atomic mass is 19.4. The van der Waals surface area contributed by atoms with Crippen molar-refractivity contribution >= 4 is 23.3 Å². The van der Waals surface area contributed by atoms with E-state index in [4.69, 9.17) is 0 Å². The first-order valence-corrected chi connectivity index (χ1v) is 8.49. The molecule has 2 aliphatic carbocycles. The summed E-state index contributed by atoms with van der Waals surface area (Å²) in [5.41, 5.74) is 0.0147. The molecule has 26 heavy (non-hydrogen) atoms. The van der Waals surface area contributed by atoms with Crippen LogP contribution in [0.15, 0.2) is 5.83 Å². The Kier molecular flexibility index (Phi) is 5.10. The zero-order valence-electron chi connectivity index (χ0n) is 14.2. The lowest BCUT2D eigenvalue weighted by Crippen LogP contribution is -2.34. The van der Waals surface area contributed by atoms with E-state index >= 15 is 0 Å². The van der Waals surface area contributed by atoms with Gasteiger partial charge in [0.25, 0.3) is 0 Å². The van der Waals surface area contributed by atoms with Gasteiger partial charge in [-0.05, 0) is 38.5 Å². The number of ketones is 1. The standard InChI is InChI=1S/C16H19F4N5O/c1-8(16(18,19)20)22-15-24-13(10-3-2-4-11(26)12(10)17)23-14(25-15)21-7-9-5-6-9/h8-9H,2-7H2,1H3,(H2,21,22,23,24,25)/t8-/m1/s1. The molecule has 142 valence electrons. The molecule has 1 saturated carbocycles. The average Bonchev–Trinajstić information content (AvgIpc) is 3.39. The zero-order valence-corrected chi connectivity index (χ0v) is 14.2. The fourth-order valence-corrected chi connectivity index (χ4v) is 2.51. The van der Waals surface area contributed by atoms with E-state index in [1.165, 1.54) is 0 Å². The Balaban J connectivity index is 1.91. The first-order chi connectivity index (χ1) is 12.2. The Morgan fingerprint density at radius 2 is 1.85 bits per heavy atom. The Morgan fingerprint density at radius 1 is 1.15 bits per heavy atom. The van der Waals surface area contributed by atoms with Gasteiger partial charge in [0.2, 0.25) is 11.9 Å². The lowest BCUT2D eigenvalue weighted by molar-refractivity contribution is -0.138. The molecule has 1 aromatic heterocycles. The minimum atomic E-state index is -4.49. The van der Waals surface area contributed by atoms with E-state index in [1.54, 1.807) is 0 Å². The van der Waals surface area contributed by atoms with Gasteiger partial charge < -0.3 is 10.6 Å². The van der Waals surface area contributed by atoms with E-state index in [-0.39, 0.29) is 36.1 Å². The highest BCUT2D eigenvalue weighted by Crippen LogP contribution is 2.31. The predicted molar refractivity (Wildman–Crippen MR) is 87.1 cm³/mol. The Morgan fingerprint density at radius 3 is 2.50 bits per heavy atom. The maximum Gasteiger partial charge on any atom is 0.408 e. The molecule has 1 fully saturated rings. The molecule has 0 radical (unpaired) electrons. The van der Waals surface area contributed by atoms with Gasteiger partial charge >= 0.3 is 6.18 Å². The van der Waals surface area contributed by atoms with Gasteiger partial charge in [0.05, 0.1) is 0 Å². The number of hydrogen-bond donors (Lipinski definition) is 2. The first-order valence-electron chi connectivity index (χ1n) is 8.49. The number of halogens is 4. The second kappa shape index (κ2) is 7.16. The third kappa shape index (κ3) is 4.47. The van der Waals surface area contributed by atoms with Crippen LogP contribution >= 0.6 is 0 Å². The average molecular weight is 373 g/mol.